The third-order valence-electron chi connectivity index (χ3n) is 5.54. The maximum Gasteiger partial charge on any atom is 0.272 e. The molecule has 1 N–H and O–H groups in total. The van der Waals surface area contributed by atoms with E-state index in [4.69, 9.17) is 4.74 Å². The summed E-state index contributed by atoms with van der Waals surface area (Å²) < 4.78 is 7.59. The van der Waals surface area contributed by atoms with E-state index in [2.05, 4.69) is 36.2 Å². The van der Waals surface area contributed by atoms with E-state index in [0.29, 0.717) is 17.8 Å². The zero-order chi connectivity index (χ0) is 17.6. The fraction of sp³-hybridized carbons (Fsp3) is 0.579. The summed E-state index contributed by atoms with van der Waals surface area (Å²) >= 11 is 0. The molecule has 134 valence electrons. The van der Waals surface area contributed by atoms with Crippen molar-refractivity contribution in [3.63, 3.8) is 0 Å². The number of fused-ring (bicyclic) bond motifs is 3. The lowest BCUT2D eigenvalue weighted by Crippen LogP contribution is -2.59. The van der Waals surface area contributed by atoms with Gasteiger partial charge in [-0.1, -0.05) is 18.2 Å². The van der Waals surface area contributed by atoms with Crippen molar-refractivity contribution in [2.45, 2.75) is 50.9 Å². The molecule has 6 heteroatoms. The molecular weight excluding hydrogens is 316 g/mol. The topological polar surface area (TPSA) is 59.4 Å². The van der Waals surface area contributed by atoms with Gasteiger partial charge >= 0.3 is 0 Å². The van der Waals surface area contributed by atoms with Gasteiger partial charge in [-0.2, -0.15) is 5.10 Å². The van der Waals surface area contributed by atoms with Crippen LogP contribution in [0.2, 0.25) is 0 Å². The summed E-state index contributed by atoms with van der Waals surface area (Å²) in [4.78, 5) is 15.3. The first-order valence-corrected chi connectivity index (χ1v) is 9.12. The van der Waals surface area contributed by atoms with Crippen LogP contribution in [0.25, 0.3) is 10.9 Å². The van der Waals surface area contributed by atoms with Crippen LogP contribution in [0.4, 0.5) is 0 Å². The zero-order valence-corrected chi connectivity index (χ0v) is 15.1. The van der Waals surface area contributed by atoms with E-state index in [-0.39, 0.29) is 18.0 Å². The minimum Gasteiger partial charge on any atom is -0.378 e. The van der Waals surface area contributed by atoms with Crippen molar-refractivity contribution in [1.82, 2.24) is 20.0 Å². The Labute approximate surface area is 148 Å². The van der Waals surface area contributed by atoms with Crippen LogP contribution < -0.4 is 5.32 Å². The van der Waals surface area contributed by atoms with Gasteiger partial charge in [-0.15, -0.1) is 0 Å². The second-order valence-corrected chi connectivity index (χ2v) is 7.56. The second kappa shape index (κ2) is 6.42. The number of nitrogens with zero attached hydrogens (tertiary/aromatic N) is 3. The summed E-state index contributed by atoms with van der Waals surface area (Å²) in [5.41, 5.74) is 1.54. The first-order valence-electron chi connectivity index (χ1n) is 9.12. The minimum atomic E-state index is -0.0656. The van der Waals surface area contributed by atoms with Crippen molar-refractivity contribution in [3.8, 4) is 0 Å². The number of rotatable bonds is 3. The number of piperidine rings is 1. The molecule has 1 aromatic carbocycles. The Morgan fingerprint density at radius 1 is 1.24 bits per heavy atom. The first kappa shape index (κ1) is 16.5. The van der Waals surface area contributed by atoms with Crippen molar-refractivity contribution in [2.75, 3.05) is 20.3 Å². The zero-order valence-electron chi connectivity index (χ0n) is 15.1. The molecule has 25 heavy (non-hydrogen) atoms. The van der Waals surface area contributed by atoms with Gasteiger partial charge in [-0.25, -0.2) is 0 Å². The number of likely N-dealkylation sites (N-methyl/N-ethyl adjacent to an activating group) is 1. The van der Waals surface area contributed by atoms with Crippen LogP contribution in [0.15, 0.2) is 24.3 Å². The van der Waals surface area contributed by atoms with Crippen LogP contribution in [0.1, 0.15) is 43.2 Å². The Morgan fingerprint density at radius 3 is 2.60 bits per heavy atom. The van der Waals surface area contributed by atoms with Crippen molar-refractivity contribution in [3.05, 3.63) is 30.0 Å². The molecule has 2 fully saturated rings. The third kappa shape index (κ3) is 2.93. The van der Waals surface area contributed by atoms with Gasteiger partial charge in [0.25, 0.3) is 5.91 Å². The van der Waals surface area contributed by atoms with Gasteiger partial charge in [0.15, 0.2) is 5.69 Å². The van der Waals surface area contributed by atoms with Crippen LogP contribution in [0.3, 0.4) is 0 Å². The van der Waals surface area contributed by atoms with E-state index in [1.807, 2.05) is 28.9 Å². The number of nitrogens with one attached hydrogen (secondary N) is 1. The molecule has 6 nitrogen and oxygen atoms in total. The molecule has 3 atom stereocenters. The molecule has 1 amide bonds. The number of carbonyl (C=O) groups excluding carboxylic acids is 1. The summed E-state index contributed by atoms with van der Waals surface area (Å²) in [6.07, 6.45) is 1.86. The Kier molecular flexibility index (Phi) is 4.25. The largest absolute Gasteiger partial charge is 0.378 e. The Balaban J connectivity index is 1.57. The Bertz CT molecular complexity index is 771. The van der Waals surface area contributed by atoms with E-state index >= 15 is 0 Å². The highest BCUT2D eigenvalue weighted by atomic mass is 16.5. The van der Waals surface area contributed by atoms with Crippen molar-refractivity contribution >= 4 is 16.8 Å². The molecule has 2 aliphatic heterocycles. The fourth-order valence-corrected chi connectivity index (χ4v) is 4.12. The fourth-order valence-electron chi connectivity index (χ4n) is 4.12. The van der Waals surface area contributed by atoms with Gasteiger partial charge in [0.2, 0.25) is 0 Å². The van der Waals surface area contributed by atoms with Gasteiger partial charge in [-0.05, 0) is 39.8 Å². The number of carbonyl (C=O) groups is 1. The number of morpholine rings is 1. The lowest BCUT2D eigenvalue weighted by Gasteiger charge is -2.46. The summed E-state index contributed by atoms with van der Waals surface area (Å²) in [6, 6.07) is 9.14. The molecule has 0 radical (unpaired) electrons. The van der Waals surface area contributed by atoms with Gasteiger partial charge in [0, 0.05) is 29.6 Å². The first-order chi connectivity index (χ1) is 12.0. The van der Waals surface area contributed by atoms with E-state index in [1.165, 1.54) is 0 Å². The molecule has 1 unspecified atom stereocenters. The van der Waals surface area contributed by atoms with Crippen LogP contribution in [0.5, 0.6) is 0 Å². The maximum absolute atomic E-state index is 12.9. The molecule has 3 heterocycles. The van der Waals surface area contributed by atoms with Crippen molar-refractivity contribution < 1.29 is 9.53 Å². The summed E-state index contributed by atoms with van der Waals surface area (Å²) in [6.45, 7) is 5.67. The lowest BCUT2D eigenvalue weighted by atomic mass is 9.90. The van der Waals surface area contributed by atoms with Gasteiger partial charge in [-0.3, -0.25) is 14.4 Å². The molecule has 2 saturated heterocycles. The van der Waals surface area contributed by atoms with E-state index in [1.54, 1.807) is 0 Å². The molecule has 4 rings (SSSR count). The summed E-state index contributed by atoms with van der Waals surface area (Å²) in [5.74, 6) is -0.0656. The summed E-state index contributed by atoms with van der Waals surface area (Å²) in [5, 5.41) is 8.76. The SMILES string of the molecule is CC(C)n1nc(C(=O)NC2C[C@H]3COC[C@@H](C2)N3C)c2ccccc21. The average molecular weight is 342 g/mol. The van der Waals surface area contributed by atoms with Crippen molar-refractivity contribution in [2.24, 2.45) is 0 Å². The number of ether oxygens (including phenoxy) is 1. The Hall–Kier alpha value is -1.92. The average Bonchev–Trinajstić information content (AvgIpc) is 2.96. The monoisotopic (exact) mass is 342 g/mol. The summed E-state index contributed by atoms with van der Waals surface area (Å²) in [7, 11) is 2.16. The number of benzene rings is 1. The molecule has 1 aromatic heterocycles. The number of para-hydroxylation sites is 1. The number of hydrogen-bond acceptors (Lipinski definition) is 4. The van der Waals surface area contributed by atoms with E-state index < -0.39 is 0 Å². The predicted molar refractivity (Wildman–Crippen MR) is 96.8 cm³/mol. The highest BCUT2D eigenvalue weighted by molar-refractivity contribution is 6.05. The number of hydrogen-bond donors (Lipinski definition) is 1. The molecule has 2 bridgehead atoms. The molecule has 2 aromatic rings. The van der Waals surface area contributed by atoms with Crippen LogP contribution >= 0.6 is 0 Å². The Morgan fingerprint density at radius 2 is 1.92 bits per heavy atom. The predicted octanol–water partition coefficient (Wildman–Crippen LogP) is 2.21. The van der Waals surface area contributed by atoms with Gasteiger partial charge in [0.05, 0.1) is 18.7 Å². The molecule has 0 spiro atoms. The van der Waals surface area contributed by atoms with Crippen molar-refractivity contribution in [1.29, 1.82) is 0 Å². The number of aromatic nitrogens is 2. The highest BCUT2D eigenvalue weighted by Crippen LogP contribution is 2.27. The van der Waals surface area contributed by atoms with E-state index in [0.717, 1.165) is 37.0 Å². The molecule has 0 aliphatic carbocycles. The molecular formula is C19H26N4O2. The van der Waals surface area contributed by atoms with Crippen LogP contribution in [0, 0.1) is 0 Å². The second-order valence-electron chi connectivity index (χ2n) is 7.56. The highest BCUT2D eigenvalue weighted by Gasteiger charge is 2.37. The third-order valence-corrected chi connectivity index (χ3v) is 5.54. The normalized spacial score (nSPS) is 27.0. The quantitative estimate of drug-likeness (QED) is 0.929. The van der Waals surface area contributed by atoms with E-state index in [9.17, 15) is 4.79 Å². The maximum atomic E-state index is 12.9. The van der Waals surface area contributed by atoms with Gasteiger partial charge < -0.3 is 10.1 Å². The van der Waals surface area contributed by atoms with Gasteiger partial charge in [0.1, 0.15) is 0 Å². The minimum absolute atomic E-state index is 0.0656. The lowest BCUT2D eigenvalue weighted by molar-refractivity contribution is -0.0670. The number of amides is 1. The van der Waals surface area contributed by atoms with Crippen LogP contribution in [-0.2, 0) is 4.74 Å². The van der Waals surface area contributed by atoms with Crippen LogP contribution in [-0.4, -0.2) is 59.0 Å². The smallest absolute Gasteiger partial charge is 0.272 e. The molecule has 0 saturated carbocycles. The standard InChI is InChI=1S/C19H26N4O2/c1-12(2)23-17-7-5-4-6-16(17)18(21-23)19(24)20-13-8-14-10-25-11-15(9-13)22(14)3/h4-7,12-15H,8-11H2,1-3H3,(H,20,24)/t13?,14-,15+. The molecule has 2 aliphatic rings.